The first kappa shape index (κ1) is 12.9. The maximum absolute atomic E-state index is 12.3. The van der Waals surface area contributed by atoms with Crippen LogP contribution in [0.4, 0.5) is 0 Å². The van der Waals surface area contributed by atoms with Crippen LogP contribution >= 0.6 is 0 Å². The fourth-order valence-electron chi connectivity index (χ4n) is 2.74. The highest BCUT2D eigenvalue weighted by Crippen LogP contribution is 2.24. The average Bonchev–Trinajstić information content (AvgIpc) is 2.77. The van der Waals surface area contributed by atoms with Crippen molar-refractivity contribution in [3.05, 3.63) is 29.8 Å². The molecule has 1 N–H and O–H groups in total. The third-order valence-corrected chi connectivity index (χ3v) is 3.66. The summed E-state index contributed by atoms with van der Waals surface area (Å²) < 4.78 is 0. The largest absolute Gasteiger partial charge is 0.508 e. The smallest absolute Gasteiger partial charge is 0.227 e. The SMILES string of the molecule is CC(C)C1CCCN1C(=O)Cc1cccc(O)c1. The Bertz CT molecular complexity index is 428. The zero-order valence-electron chi connectivity index (χ0n) is 11.1. The third-order valence-electron chi connectivity index (χ3n) is 3.66. The predicted octanol–water partition coefficient (Wildman–Crippen LogP) is 2.58. The third kappa shape index (κ3) is 2.84. The van der Waals surface area contributed by atoms with Gasteiger partial charge in [-0.1, -0.05) is 26.0 Å². The number of carbonyl (C=O) groups excluding carboxylic acids is 1. The number of amides is 1. The maximum atomic E-state index is 12.3. The van der Waals surface area contributed by atoms with Crippen LogP contribution in [0.5, 0.6) is 5.75 Å². The van der Waals surface area contributed by atoms with Gasteiger partial charge in [0.25, 0.3) is 0 Å². The predicted molar refractivity (Wildman–Crippen MR) is 71.4 cm³/mol. The van der Waals surface area contributed by atoms with E-state index in [9.17, 15) is 9.90 Å². The number of phenolic OH excluding ortho intramolecular Hbond substituents is 1. The molecule has 0 bridgehead atoms. The Morgan fingerprint density at radius 1 is 1.50 bits per heavy atom. The van der Waals surface area contributed by atoms with E-state index in [0.29, 0.717) is 18.4 Å². The molecule has 0 aromatic heterocycles. The maximum Gasteiger partial charge on any atom is 0.227 e. The number of hydrogen-bond donors (Lipinski definition) is 1. The molecule has 1 saturated heterocycles. The molecular weight excluding hydrogens is 226 g/mol. The van der Waals surface area contributed by atoms with E-state index in [4.69, 9.17) is 0 Å². The van der Waals surface area contributed by atoms with Gasteiger partial charge >= 0.3 is 0 Å². The van der Waals surface area contributed by atoms with Gasteiger partial charge in [-0.2, -0.15) is 0 Å². The molecular formula is C15H21NO2. The summed E-state index contributed by atoms with van der Waals surface area (Å²) in [7, 11) is 0. The van der Waals surface area contributed by atoms with Crippen molar-refractivity contribution in [2.24, 2.45) is 5.92 Å². The van der Waals surface area contributed by atoms with E-state index < -0.39 is 0 Å². The van der Waals surface area contributed by atoms with Crippen LogP contribution < -0.4 is 0 Å². The highest BCUT2D eigenvalue weighted by Gasteiger charge is 2.30. The molecule has 1 aliphatic heterocycles. The Hall–Kier alpha value is -1.51. The minimum Gasteiger partial charge on any atom is -0.508 e. The molecule has 1 aromatic carbocycles. The number of aromatic hydroxyl groups is 1. The summed E-state index contributed by atoms with van der Waals surface area (Å²) in [6, 6.07) is 7.34. The van der Waals surface area contributed by atoms with Crippen molar-refractivity contribution in [1.82, 2.24) is 4.90 Å². The van der Waals surface area contributed by atoms with Crippen LogP contribution in [-0.4, -0.2) is 28.5 Å². The second-order valence-electron chi connectivity index (χ2n) is 5.39. The van der Waals surface area contributed by atoms with Crippen molar-refractivity contribution in [2.45, 2.75) is 39.2 Å². The molecule has 0 saturated carbocycles. The van der Waals surface area contributed by atoms with Gasteiger partial charge in [0.05, 0.1) is 6.42 Å². The minimum atomic E-state index is 0.178. The van der Waals surface area contributed by atoms with Crippen LogP contribution in [-0.2, 0) is 11.2 Å². The Balaban J connectivity index is 2.03. The van der Waals surface area contributed by atoms with Crippen molar-refractivity contribution in [3.63, 3.8) is 0 Å². The summed E-state index contributed by atoms with van der Waals surface area (Å²) in [5, 5.41) is 9.41. The number of rotatable bonds is 3. The number of likely N-dealkylation sites (tertiary alicyclic amines) is 1. The lowest BCUT2D eigenvalue weighted by molar-refractivity contribution is -0.132. The number of benzene rings is 1. The summed E-state index contributed by atoms with van der Waals surface area (Å²) in [6.07, 6.45) is 2.61. The molecule has 1 amide bonds. The molecule has 0 spiro atoms. The monoisotopic (exact) mass is 247 g/mol. The van der Waals surface area contributed by atoms with E-state index in [1.165, 1.54) is 0 Å². The molecule has 1 heterocycles. The number of phenols is 1. The molecule has 1 atom stereocenters. The van der Waals surface area contributed by atoms with Crippen molar-refractivity contribution in [2.75, 3.05) is 6.54 Å². The van der Waals surface area contributed by atoms with Crippen LogP contribution in [0, 0.1) is 5.92 Å². The van der Waals surface area contributed by atoms with Gasteiger partial charge in [-0.25, -0.2) is 0 Å². The van der Waals surface area contributed by atoms with Gasteiger partial charge in [-0.3, -0.25) is 4.79 Å². The molecule has 3 nitrogen and oxygen atoms in total. The van der Waals surface area contributed by atoms with Crippen LogP contribution in [0.3, 0.4) is 0 Å². The topological polar surface area (TPSA) is 40.5 Å². The van der Waals surface area contributed by atoms with Gasteiger partial charge in [0.15, 0.2) is 0 Å². The Morgan fingerprint density at radius 3 is 2.94 bits per heavy atom. The quantitative estimate of drug-likeness (QED) is 0.892. The molecule has 0 radical (unpaired) electrons. The summed E-state index contributed by atoms with van der Waals surface area (Å²) in [6.45, 7) is 5.22. The first-order valence-electron chi connectivity index (χ1n) is 6.65. The number of carbonyl (C=O) groups is 1. The summed E-state index contributed by atoms with van der Waals surface area (Å²) in [5.74, 6) is 0.916. The summed E-state index contributed by atoms with van der Waals surface area (Å²) in [4.78, 5) is 14.3. The van der Waals surface area contributed by atoms with Crippen molar-refractivity contribution in [1.29, 1.82) is 0 Å². The fraction of sp³-hybridized carbons (Fsp3) is 0.533. The zero-order valence-corrected chi connectivity index (χ0v) is 11.1. The Morgan fingerprint density at radius 2 is 2.28 bits per heavy atom. The van der Waals surface area contributed by atoms with Gasteiger partial charge < -0.3 is 10.0 Å². The van der Waals surface area contributed by atoms with Crippen LogP contribution in [0.15, 0.2) is 24.3 Å². The zero-order chi connectivity index (χ0) is 13.1. The molecule has 0 aliphatic carbocycles. The highest BCUT2D eigenvalue weighted by molar-refractivity contribution is 5.79. The summed E-state index contributed by atoms with van der Waals surface area (Å²) in [5.41, 5.74) is 0.884. The van der Waals surface area contributed by atoms with Gasteiger partial charge in [0.1, 0.15) is 5.75 Å². The molecule has 1 unspecified atom stereocenters. The second kappa shape index (κ2) is 5.42. The van der Waals surface area contributed by atoms with Crippen LogP contribution in [0.2, 0.25) is 0 Å². The van der Waals surface area contributed by atoms with E-state index >= 15 is 0 Å². The Kier molecular flexibility index (Phi) is 3.90. The number of hydrogen-bond acceptors (Lipinski definition) is 2. The molecule has 2 rings (SSSR count). The fourth-order valence-corrected chi connectivity index (χ4v) is 2.74. The van der Waals surface area contributed by atoms with E-state index in [-0.39, 0.29) is 11.7 Å². The molecule has 98 valence electrons. The van der Waals surface area contributed by atoms with Crippen molar-refractivity contribution < 1.29 is 9.90 Å². The number of nitrogens with zero attached hydrogens (tertiary/aromatic N) is 1. The van der Waals surface area contributed by atoms with Crippen LogP contribution in [0.1, 0.15) is 32.3 Å². The highest BCUT2D eigenvalue weighted by atomic mass is 16.3. The van der Waals surface area contributed by atoms with Crippen molar-refractivity contribution in [3.8, 4) is 5.75 Å². The lowest BCUT2D eigenvalue weighted by Crippen LogP contribution is -2.39. The van der Waals surface area contributed by atoms with E-state index in [1.54, 1.807) is 18.2 Å². The average molecular weight is 247 g/mol. The lowest BCUT2D eigenvalue weighted by atomic mass is 10.0. The van der Waals surface area contributed by atoms with E-state index in [2.05, 4.69) is 13.8 Å². The lowest BCUT2D eigenvalue weighted by Gasteiger charge is -2.27. The first-order chi connectivity index (χ1) is 8.58. The van der Waals surface area contributed by atoms with Gasteiger partial charge in [0, 0.05) is 12.6 Å². The van der Waals surface area contributed by atoms with E-state index in [1.807, 2.05) is 11.0 Å². The second-order valence-corrected chi connectivity index (χ2v) is 5.39. The molecule has 1 aromatic rings. The van der Waals surface area contributed by atoms with Gasteiger partial charge in [0.2, 0.25) is 5.91 Å². The standard InChI is InChI=1S/C15H21NO2/c1-11(2)14-7-4-8-16(14)15(18)10-12-5-3-6-13(17)9-12/h3,5-6,9,11,14,17H,4,7-8,10H2,1-2H3. The minimum absolute atomic E-state index is 0.178. The molecule has 18 heavy (non-hydrogen) atoms. The van der Waals surface area contributed by atoms with Gasteiger partial charge in [-0.15, -0.1) is 0 Å². The molecule has 1 fully saturated rings. The molecule has 3 heteroatoms. The normalized spacial score (nSPS) is 19.5. The molecule has 1 aliphatic rings. The first-order valence-corrected chi connectivity index (χ1v) is 6.65. The van der Waals surface area contributed by atoms with Crippen molar-refractivity contribution >= 4 is 5.91 Å². The Labute approximate surface area is 108 Å². The van der Waals surface area contributed by atoms with Gasteiger partial charge in [-0.05, 0) is 36.5 Å². The van der Waals surface area contributed by atoms with E-state index in [0.717, 1.165) is 24.9 Å². The summed E-state index contributed by atoms with van der Waals surface area (Å²) >= 11 is 0. The van der Waals surface area contributed by atoms with Crippen LogP contribution in [0.25, 0.3) is 0 Å².